The Hall–Kier alpha value is -1.88. The van der Waals surface area contributed by atoms with Crippen LogP contribution >= 0.6 is 0 Å². The van der Waals surface area contributed by atoms with Gasteiger partial charge in [-0.05, 0) is 43.4 Å². The van der Waals surface area contributed by atoms with Crippen LogP contribution in [0.25, 0.3) is 0 Å². The molecule has 1 atom stereocenters. The van der Waals surface area contributed by atoms with Crippen molar-refractivity contribution < 1.29 is 19.4 Å². The van der Waals surface area contributed by atoms with Crippen LogP contribution in [-0.4, -0.2) is 36.7 Å². The summed E-state index contributed by atoms with van der Waals surface area (Å²) in [7, 11) is 0. The number of rotatable bonds is 2. The maximum atomic E-state index is 12.7. The molecule has 0 spiro atoms. The maximum absolute atomic E-state index is 12.7. The van der Waals surface area contributed by atoms with Gasteiger partial charge in [-0.3, -0.25) is 4.79 Å². The van der Waals surface area contributed by atoms with Crippen LogP contribution in [0.2, 0.25) is 0 Å². The molecule has 112 valence electrons. The molecule has 21 heavy (non-hydrogen) atoms. The van der Waals surface area contributed by atoms with Gasteiger partial charge in [0.15, 0.2) is 0 Å². The average Bonchev–Trinajstić information content (AvgIpc) is 2.53. The molecule has 1 N–H and O–H groups in total. The molecule has 1 unspecified atom stereocenters. The Bertz CT molecular complexity index is 563. The van der Waals surface area contributed by atoms with Crippen molar-refractivity contribution in [2.24, 2.45) is 5.92 Å². The zero-order chi connectivity index (χ0) is 14.8. The van der Waals surface area contributed by atoms with Crippen LogP contribution in [0.5, 0.6) is 0 Å². The lowest BCUT2D eigenvalue weighted by molar-refractivity contribution is -0.126. The number of carbonyl (C=O) groups excluding carboxylic acids is 1. The van der Waals surface area contributed by atoms with Crippen molar-refractivity contribution in [1.29, 1.82) is 0 Å². The summed E-state index contributed by atoms with van der Waals surface area (Å²) in [5, 5.41) is 9.29. The first-order valence-electron chi connectivity index (χ1n) is 7.43. The number of benzene rings is 1. The van der Waals surface area contributed by atoms with E-state index in [-0.39, 0.29) is 11.8 Å². The number of hydrogen-bond donors (Lipinski definition) is 1. The van der Waals surface area contributed by atoms with Gasteiger partial charge >= 0.3 is 5.97 Å². The Kier molecular flexibility index (Phi) is 3.92. The molecule has 1 saturated heterocycles. The summed E-state index contributed by atoms with van der Waals surface area (Å²) in [6, 6.07) is 5.17. The van der Waals surface area contributed by atoms with Crippen LogP contribution in [-0.2, 0) is 16.0 Å². The van der Waals surface area contributed by atoms with Crippen LogP contribution in [0.3, 0.4) is 0 Å². The van der Waals surface area contributed by atoms with Gasteiger partial charge in [-0.15, -0.1) is 0 Å². The summed E-state index contributed by atoms with van der Waals surface area (Å²) < 4.78 is 5.40. The molecule has 0 radical (unpaired) electrons. The van der Waals surface area contributed by atoms with E-state index in [2.05, 4.69) is 0 Å². The number of carbonyl (C=O) groups is 2. The van der Waals surface area contributed by atoms with Crippen molar-refractivity contribution >= 4 is 17.6 Å². The topological polar surface area (TPSA) is 66.8 Å². The van der Waals surface area contributed by atoms with E-state index in [1.165, 1.54) is 0 Å². The fraction of sp³-hybridized carbons (Fsp3) is 0.500. The highest BCUT2D eigenvalue weighted by Crippen LogP contribution is 2.32. The van der Waals surface area contributed by atoms with Crippen LogP contribution < -0.4 is 4.90 Å². The van der Waals surface area contributed by atoms with Gasteiger partial charge in [-0.25, -0.2) is 4.79 Å². The molecule has 1 fully saturated rings. The molecule has 1 amide bonds. The molecule has 0 aromatic heterocycles. The molecule has 2 heterocycles. The van der Waals surface area contributed by atoms with E-state index in [9.17, 15) is 14.7 Å². The first kappa shape index (κ1) is 14.1. The van der Waals surface area contributed by atoms with Gasteiger partial charge in [0.25, 0.3) is 0 Å². The third kappa shape index (κ3) is 2.65. The maximum Gasteiger partial charge on any atom is 0.336 e. The number of hydrogen-bond acceptors (Lipinski definition) is 3. The normalized spacial score (nSPS) is 21.7. The van der Waals surface area contributed by atoms with Crippen molar-refractivity contribution in [2.75, 3.05) is 24.7 Å². The molecule has 0 aliphatic carbocycles. The van der Waals surface area contributed by atoms with E-state index in [0.29, 0.717) is 25.1 Å². The fourth-order valence-corrected chi connectivity index (χ4v) is 3.21. The van der Waals surface area contributed by atoms with Crippen molar-refractivity contribution in [1.82, 2.24) is 0 Å². The molecule has 5 heteroatoms. The number of anilines is 1. The largest absolute Gasteiger partial charge is 0.478 e. The van der Waals surface area contributed by atoms with E-state index < -0.39 is 5.97 Å². The van der Waals surface area contributed by atoms with Gasteiger partial charge in [0, 0.05) is 18.8 Å². The minimum atomic E-state index is -0.929. The number of carboxylic acids is 1. The number of fused-ring (bicyclic) bond motifs is 1. The molecule has 3 rings (SSSR count). The monoisotopic (exact) mass is 289 g/mol. The van der Waals surface area contributed by atoms with E-state index in [1.807, 2.05) is 6.07 Å². The highest BCUT2D eigenvalue weighted by Gasteiger charge is 2.31. The molecule has 2 aliphatic rings. The molecule has 2 aliphatic heterocycles. The summed E-state index contributed by atoms with van der Waals surface area (Å²) in [5.41, 5.74) is 1.85. The Morgan fingerprint density at radius 1 is 1.29 bits per heavy atom. The molecule has 1 aromatic carbocycles. The Labute approximate surface area is 123 Å². The number of nitrogens with zero attached hydrogens (tertiary/aromatic N) is 1. The standard InChI is InChI=1S/C16H19NO4/c18-15(11-4-3-9-21-10-11)17-8-2-6-12-13(16(19)20)5-1-7-14(12)17/h1,5,7,11H,2-4,6,8-10H2,(H,19,20). The van der Waals surface area contributed by atoms with E-state index in [0.717, 1.165) is 37.1 Å². The lowest BCUT2D eigenvalue weighted by Gasteiger charge is -2.34. The number of aromatic carboxylic acids is 1. The summed E-state index contributed by atoms with van der Waals surface area (Å²) in [5.74, 6) is -0.960. The van der Waals surface area contributed by atoms with Gasteiger partial charge in [0.05, 0.1) is 18.1 Å². The zero-order valence-electron chi connectivity index (χ0n) is 11.9. The quantitative estimate of drug-likeness (QED) is 0.905. The minimum absolute atomic E-state index is 0.0678. The average molecular weight is 289 g/mol. The Balaban J connectivity index is 1.91. The third-order valence-electron chi connectivity index (χ3n) is 4.26. The van der Waals surface area contributed by atoms with Gasteiger partial charge in [0.1, 0.15) is 0 Å². The first-order valence-corrected chi connectivity index (χ1v) is 7.43. The van der Waals surface area contributed by atoms with Crippen molar-refractivity contribution in [3.8, 4) is 0 Å². The van der Waals surface area contributed by atoms with Crippen molar-refractivity contribution in [3.05, 3.63) is 29.3 Å². The van der Waals surface area contributed by atoms with Crippen LogP contribution in [0.15, 0.2) is 18.2 Å². The van der Waals surface area contributed by atoms with Gasteiger partial charge < -0.3 is 14.7 Å². The Morgan fingerprint density at radius 3 is 2.86 bits per heavy atom. The molecular weight excluding hydrogens is 270 g/mol. The van der Waals surface area contributed by atoms with E-state index in [1.54, 1.807) is 17.0 Å². The smallest absolute Gasteiger partial charge is 0.336 e. The Morgan fingerprint density at radius 2 is 2.14 bits per heavy atom. The number of carboxylic acid groups (broad SMARTS) is 1. The number of amides is 1. The summed E-state index contributed by atoms with van der Waals surface area (Å²) in [6.45, 7) is 1.86. The van der Waals surface area contributed by atoms with Crippen molar-refractivity contribution in [3.63, 3.8) is 0 Å². The first-order chi connectivity index (χ1) is 10.2. The van der Waals surface area contributed by atoms with Crippen LogP contribution in [0.1, 0.15) is 35.2 Å². The van der Waals surface area contributed by atoms with Gasteiger partial charge in [-0.2, -0.15) is 0 Å². The minimum Gasteiger partial charge on any atom is -0.478 e. The lowest BCUT2D eigenvalue weighted by atomic mass is 9.93. The van der Waals surface area contributed by atoms with Crippen molar-refractivity contribution in [2.45, 2.75) is 25.7 Å². The van der Waals surface area contributed by atoms with Crippen LogP contribution in [0.4, 0.5) is 5.69 Å². The SMILES string of the molecule is O=C(O)c1cccc2c1CCCN2C(=O)C1CCCOC1. The molecular formula is C16H19NO4. The molecule has 1 aromatic rings. The third-order valence-corrected chi connectivity index (χ3v) is 4.26. The zero-order valence-corrected chi connectivity index (χ0v) is 11.9. The molecule has 0 bridgehead atoms. The predicted molar refractivity (Wildman–Crippen MR) is 77.6 cm³/mol. The second kappa shape index (κ2) is 5.85. The van der Waals surface area contributed by atoms with E-state index in [4.69, 9.17) is 4.74 Å². The van der Waals surface area contributed by atoms with E-state index >= 15 is 0 Å². The second-order valence-corrected chi connectivity index (χ2v) is 5.62. The highest BCUT2D eigenvalue weighted by molar-refractivity contribution is 5.99. The van der Waals surface area contributed by atoms with Crippen LogP contribution in [0, 0.1) is 5.92 Å². The fourth-order valence-electron chi connectivity index (χ4n) is 3.21. The highest BCUT2D eigenvalue weighted by atomic mass is 16.5. The lowest BCUT2D eigenvalue weighted by Crippen LogP contribution is -2.42. The molecule has 5 nitrogen and oxygen atoms in total. The van der Waals surface area contributed by atoms with Gasteiger partial charge in [-0.1, -0.05) is 6.07 Å². The van der Waals surface area contributed by atoms with Gasteiger partial charge in [0.2, 0.25) is 5.91 Å². The predicted octanol–water partition coefficient (Wildman–Crippen LogP) is 2.09. The summed E-state index contributed by atoms with van der Waals surface area (Å²) >= 11 is 0. The number of ether oxygens (including phenoxy) is 1. The summed E-state index contributed by atoms with van der Waals surface area (Å²) in [6.07, 6.45) is 3.27. The second-order valence-electron chi connectivity index (χ2n) is 5.62. The summed E-state index contributed by atoms with van der Waals surface area (Å²) in [4.78, 5) is 25.8. The molecule has 0 saturated carbocycles.